The molecule has 6 nitrogen and oxygen atoms in total. The highest BCUT2D eigenvalue weighted by Crippen LogP contribution is 2.20. The number of aryl methyl sites for hydroxylation is 1. The summed E-state index contributed by atoms with van der Waals surface area (Å²) in [5, 5.41) is 4.90. The maximum atomic E-state index is 12.7. The first-order valence-electron chi connectivity index (χ1n) is 7.48. The van der Waals surface area contributed by atoms with Crippen molar-refractivity contribution in [2.24, 2.45) is 0 Å². The van der Waals surface area contributed by atoms with Gasteiger partial charge in [0.25, 0.3) is 5.91 Å². The van der Waals surface area contributed by atoms with Crippen LogP contribution in [0.2, 0.25) is 5.02 Å². The molecule has 124 valence electrons. The number of para-hydroxylation sites is 1. The van der Waals surface area contributed by atoms with Crippen LogP contribution in [0, 0.1) is 6.92 Å². The Hall–Kier alpha value is -1.92. The number of carbonyl (C=O) groups excluding carboxylic acids is 1. The average Bonchev–Trinajstić information content (AvgIpc) is 2.90. The van der Waals surface area contributed by atoms with Gasteiger partial charge >= 0.3 is 0 Å². The third kappa shape index (κ3) is 3.71. The van der Waals surface area contributed by atoms with Crippen LogP contribution < -0.4 is 0 Å². The highest BCUT2D eigenvalue weighted by atomic mass is 35.5. The molecule has 2 rings (SSSR count). The van der Waals surface area contributed by atoms with E-state index < -0.39 is 0 Å². The Morgan fingerprint density at radius 1 is 1.43 bits per heavy atom. The number of carbonyl (C=O) groups is 1. The summed E-state index contributed by atoms with van der Waals surface area (Å²) in [6.45, 7) is 6.67. The number of rotatable bonds is 6. The van der Waals surface area contributed by atoms with Gasteiger partial charge in [-0.05, 0) is 32.9 Å². The number of hydrogen-bond acceptors (Lipinski definition) is 4. The maximum Gasteiger partial charge on any atom is 0.293 e. The SMILES string of the molecule is CCN(C(=O)c1nc(C)n(-c2ccccc2Cl)n1)C(C)COC. The molecule has 0 radical (unpaired) electrons. The lowest BCUT2D eigenvalue weighted by molar-refractivity contribution is 0.0567. The summed E-state index contributed by atoms with van der Waals surface area (Å²) in [5.41, 5.74) is 0.700. The predicted molar refractivity (Wildman–Crippen MR) is 89.2 cm³/mol. The van der Waals surface area contributed by atoms with E-state index in [0.717, 1.165) is 0 Å². The minimum Gasteiger partial charge on any atom is -0.383 e. The molecule has 0 N–H and O–H groups in total. The van der Waals surface area contributed by atoms with Crippen molar-refractivity contribution in [3.8, 4) is 5.69 Å². The van der Waals surface area contributed by atoms with Gasteiger partial charge in [0, 0.05) is 13.7 Å². The van der Waals surface area contributed by atoms with Gasteiger partial charge in [0.15, 0.2) is 0 Å². The number of amides is 1. The molecule has 1 unspecified atom stereocenters. The van der Waals surface area contributed by atoms with Gasteiger partial charge in [-0.15, -0.1) is 5.10 Å². The summed E-state index contributed by atoms with van der Waals surface area (Å²) in [7, 11) is 1.61. The van der Waals surface area contributed by atoms with Gasteiger partial charge in [-0.3, -0.25) is 4.79 Å². The quantitative estimate of drug-likeness (QED) is 0.813. The molecular weight excluding hydrogens is 316 g/mol. The van der Waals surface area contributed by atoms with Gasteiger partial charge in [-0.25, -0.2) is 9.67 Å². The summed E-state index contributed by atoms with van der Waals surface area (Å²) in [4.78, 5) is 18.7. The fraction of sp³-hybridized carbons (Fsp3) is 0.438. The fourth-order valence-corrected chi connectivity index (χ4v) is 2.66. The summed E-state index contributed by atoms with van der Waals surface area (Å²) in [6, 6.07) is 7.27. The Labute approximate surface area is 141 Å². The van der Waals surface area contributed by atoms with Crippen molar-refractivity contribution >= 4 is 17.5 Å². The number of methoxy groups -OCH3 is 1. The maximum absolute atomic E-state index is 12.7. The van der Waals surface area contributed by atoms with Gasteiger partial charge in [0.05, 0.1) is 23.4 Å². The second kappa shape index (κ2) is 7.57. The zero-order valence-electron chi connectivity index (χ0n) is 13.8. The van der Waals surface area contributed by atoms with Crippen LogP contribution in [0.15, 0.2) is 24.3 Å². The van der Waals surface area contributed by atoms with Gasteiger partial charge in [-0.2, -0.15) is 0 Å². The fourth-order valence-electron chi connectivity index (χ4n) is 2.45. The van der Waals surface area contributed by atoms with Crippen LogP contribution in [0.4, 0.5) is 0 Å². The molecule has 7 heteroatoms. The molecule has 0 fully saturated rings. The van der Waals surface area contributed by atoms with Gasteiger partial charge in [0.1, 0.15) is 5.82 Å². The number of aromatic nitrogens is 3. The van der Waals surface area contributed by atoms with Crippen LogP contribution in [0.25, 0.3) is 5.69 Å². The van der Waals surface area contributed by atoms with Crippen LogP contribution in [0.3, 0.4) is 0 Å². The number of ether oxygens (including phenoxy) is 1. The second-order valence-corrected chi connectivity index (χ2v) is 5.65. The normalized spacial score (nSPS) is 12.2. The molecule has 0 spiro atoms. The molecule has 2 aromatic rings. The number of benzene rings is 1. The largest absolute Gasteiger partial charge is 0.383 e. The summed E-state index contributed by atoms with van der Waals surface area (Å²) < 4.78 is 6.72. The Morgan fingerprint density at radius 2 is 2.13 bits per heavy atom. The number of nitrogens with zero attached hydrogens (tertiary/aromatic N) is 4. The molecule has 1 heterocycles. The summed E-state index contributed by atoms with van der Waals surface area (Å²) in [6.07, 6.45) is 0. The van der Waals surface area contributed by atoms with Crippen LogP contribution in [0.1, 0.15) is 30.3 Å². The van der Waals surface area contributed by atoms with Crippen LogP contribution in [-0.4, -0.2) is 51.9 Å². The van der Waals surface area contributed by atoms with Crippen LogP contribution in [-0.2, 0) is 4.74 Å². The van der Waals surface area contributed by atoms with E-state index in [1.165, 1.54) is 0 Å². The van der Waals surface area contributed by atoms with Crippen LogP contribution in [0.5, 0.6) is 0 Å². The van der Waals surface area contributed by atoms with E-state index in [2.05, 4.69) is 10.1 Å². The summed E-state index contributed by atoms with van der Waals surface area (Å²) in [5.74, 6) is 0.551. The summed E-state index contributed by atoms with van der Waals surface area (Å²) >= 11 is 6.20. The van der Waals surface area contributed by atoms with Crippen molar-refractivity contribution in [1.82, 2.24) is 19.7 Å². The van der Waals surface area contributed by atoms with Gasteiger partial charge < -0.3 is 9.64 Å². The Bertz CT molecular complexity index is 686. The van der Waals surface area contributed by atoms with Gasteiger partial charge in [0.2, 0.25) is 5.82 Å². The third-order valence-electron chi connectivity index (χ3n) is 3.58. The molecule has 23 heavy (non-hydrogen) atoms. The van der Waals surface area contributed by atoms with E-state index >= 15 is 0 Å². The predicted octanol–water partition coefficient (Wildman–Crippen LogP) is 2.73. The number of likely N-dealkylation sites (N-methyl/N-ethyl adjacent to an activating group) is 1. The molecule has 1 aromatic carbocycles. The van der Waals surface area contributed by atoms with E-state index in [1.54, 1.807) is 29.7 Å². The molecule has 1 amide bonds. The zero-order chi connectivity index (χ0) is 17.0. The van der Waals surface area contributed by atoms with Crippen molar-refractivity contribution in [2.75, 3.05) is 20.3 Å². The Balaban J connectivity index is 2.33. The van der Waals surface area contributed by atoms with E-state index in [-0.39, 0.29) is 17.8 Å². The molecule has 0 saturated carbocycles. The first kappa shape index (κ1) is 17.4. The average molecular weight is 337 g/mol. The second-order valence-electron chi connectivity index (χ2n) is 5.24. The highest BCUT2D eigenvalue weighted by Gasteiger charge is 2.24. The molecule has 0 bridgehead atoms. The lowest BCUT2D eigenvalue weighted by atomic mass is 10.3. The molecule has 0 aliphatic carbocycles. The lowest BCUT2D eigenvalue weighted by Gasteiger charge is -2.26. The smallest absolute Gasteiger partial charge is 0.293 e. The molecule has 0 aliphatic rings. The first-order valence-corrected chi connectivity index (χ1v) is 7.85. The third-order valence-corrected chi connectivity index (χ3v) is 3.90. The first-order chi connectivity index (χ1) is 11.0. The molecule has 0 saturated heterocycles. The number of halogens is 1. The van der Waals surface area contributed by atoms with Crippen molar-refractivity contribution < 1.29 is 9.53 Å². The number of hydrogen-bond donors (Lipinski definition) is 0. The van der Waals surface area contributed by atoms with E-state index in [0.29, 0.717) is 29.7 Å². The van der Waals surface area contributed by atoms with Crippen molar-refractivity contribution in [1.29, 1.82) is 0 Å². The molecule has 1 atom stereocenters. The van der Waals surface area contributed by atoms with E-state index in [4.69, 9.17) is 16.3 Å². The minimum atomic E-state index is -0.217. The highest BCUT2D eigenvalue weighted by molar-refractivity contribution is 6.32. The van der Waals surface area contributed by atoms with E-state index in [9.17, 15) is 4.79 Å². The van der Waals surface area contributed by atoms with Gasteiger partial charge in [-0.1, -0.05) is 23.7 Å². The van der Waals surface area contributed by atoms with Crippen molar-refractivity contribution in [3.63, 3.8) is 0 Å². The zero-order valence-corrected chi connectivity index (χ0v) is 14.5. The van der Waals surface area contributed by atoms with Crippen LogP contribution >= 0.6 is 11.6 Å². The minimum absolute atomic E-state index is 0.0509. The molecule has 0 aliphatic heterocycles. The molecular formula is C16H21ClN4O2. The van der Waals surface area contributed by atoms with Crippen molar-refractivity contribution in [2.45, 2.75) is 26.8 Å². The molecule has 1 aromatic heterocycles. The standard InChI is InChI=1S/C16H21ClN4O2/c1-5-20(11(2)10-23-4)16(22)15-18-12(3)21(19-15)14-9-7-6-8-13(14)17/h6-9,11H,5,10H2,1-4H3. The Kier molecular flexibility index (Phi) is 5.74. The monoisotopic (exact) mass is 336 g/mol. The van der Waals surface area contributed by atoms with E-state index in [1.807, 2.05) is 32.0 Å². The topological polar surface area (TPSA) is 60.2 Å². The Morgan fingerprint density at radius 3 is 2.74 bits per heavy atom. The lowest BCUT2D eigenvalue weighted by Crippen LogP contribution is -2.41. The van der Waals surface area contributed by atoms with Crippen molar-refractivity contribution in [3.05, 3.63) is 40.9 Å².